The normalized spacial score (nSPS) is 10.6. The summed E-state index contributed by atoms with van der Waals surface area (Å²) in [7, 11) is 0. The molecule has 0 radical (unpaired) electrons. The largest absolute Gasteiger partial charge is 0.304 e. The summed E-state index contributed by atoms with van der Waals surface area (Å²) in [6.07, 6.45) is 0. The fraction of sp³-hybridized carbons (Fsp3) is 0.273. The van der Waals surface area contributed by atoms with Gasteiger partial charge in [-0.25, -0.2) is 9.67 Å². The predicted octanol–water partition coefficient (Wildman–Crippen LogP) is 1.99. The highest BCUT2D eigenvalue weighted by Crippen LogP contribution is 2.18. The lowest BCUT2D eigenvalue weighted by atomic mass is 10.2. The van der Waals surface area contributed by atoms with E-state index in [2.05, 4.69) is 10.1 Å². The van der Waals surface area contributed by atoms with Gasteiger partial charge in [-0.2, -0.15) is 9.49 Å². The Morgan fingerprint density at radius 1 is 1.44 bits per heavy atom. The van der Waals surface area contributed by atoms with Crippen LogP contribution in [0.4, 0.5) is 10.1 Å². The van der Waals surface area contributed by atoms with Crippen LogP contribution in [-0.2, 0) is 6.54 Å². The van der Waals surface area contributed by atoms with Crippen molar-refractivity contribution in [2.45, 2.75) is 20.4 Å². The summed E-state index contributed by atoms with van der Waals surface area (Å²) in [5.74, 6) is 0.508. The van der Waals surface area contributed by atoms with Gasteiger partial charge in [-0.05, 0) is 25.5 Å². The van der Waals surface area contributed by atoms with Gasteiger partial charge in [-0.1, -0.05) is 6.07 Å². The molecule has 0 aliphatic carbocycles. The Bertz CT molecular complexity index is 609. The highest BCUT2D eigenvalue weighted by molar-refractivity contribution is 5.35. The van der Waals surface area contributed by atoms with E-state index in [-0.39, 0.29) is 0 Å². The van der Waals surface area contributed by atoms with Crippen LogP contribution in [-0.4, -0.2) is 19.7 Å². The van der Waals surface area contributed by atoms with Crippen molar-refractivity contribution in [3.63, 3.8) is 0 Å². The average molecular weight is 250 g/mol. The zero-order chi connectivity index (χ0) is 13.3. The summed E-state index contributed by atoms with van der Waals surface area (Å²) in [5.41, 5.74) is 0.0799. The first kappa shape index (κ1) is 12.2. The van der Waals surface area contributed by atoms with E-state index in [0.717, 1.165) is 12.1 Å². The van der Waals surface area contributed by atoms with Crippen molar-refractivity contribution in [1.29, 1.82) is 0 Å². The SMILES string of the molecule is Cc1nc(C)n(Cc2ccc([N+](=O)[O-])c(F)c2)n1. The average Bonchev–Trinajstić information content (AvgIpc) is 2.57. The smallest absolute Gasteiger partial charge is 0.258 e. The first-order chi connectivity index (χ1) is 8.47. The van der Waals surface area contributed by atoms with Gasteiger partial charge in [0.05, 0.1) is 11.5 Å². The van der Waals surface area contributed by atoms with Crippen molar-refractivity contribution in [2.24, 2.45) is 0 Å². The highest BCUT2D eigenvalue weighted by atomic mass is 19.1. The topological polar surface area (TPSA) is 73.8 Å². The molecular weight excluding hydrogens is 239 g/mol. The number of rotatable bonds is 3. The van der Waals surface area contributed by atoms with Crippen LogP contribution in [0.5, 0.6) is 0 Å². The summed E-state index contributed by atoms with van der Waals surface area (Å²) in [6, 6.07) is 3.82. The molecule has 0 atom stereocenters. The molecule has 0 amide bonds. The molecule has 1 aromatic heterocycles. The highest BCUT2D eigenvalue weighted by Gasteiger charge is 2.14. The Labute approximate surface area is 102 Å². The van der Waals surface area contributed by atoms with Crippen molar-refractivity contribution < 1.29 is 9.31 Å². The van der Waals surface area contributed by atoms with E-state index in [1.807, 2.05) is 0 Å². The Kier molecular flexibility index (Phi) is 3.05. The Hall–Kier alpha value is -2.31. The van der Waals surface area contributed by atoms with Gasteiger partial charge in [0, 0.05) is 6.07 Å². The number of nitrogens with zero attached hydrogens (tertiary/aromatic N) is 4. The van der Waals surface area contributed by atoms with Crippen molar-refractivity contribution in [2.75, 3.05) is 0 Å². The van der Waals surface area contributed by atoms with E-state index in [1.165, 1.54) is 6.07 Å². The van der Waals surface area contributed by atoms with E-state index >= 15 is 0 Å². The van der Waals surface area contributed by atoms with Gasteiger partial charge in [0.15, 0.2) is 0 Å². The van der Waals surface area contributed by atoms with Crippen molar-refractivity contribution in [3.8, 4) is 0 Å². The lowest BCUT2D eigenvalue weighted by molar-refractivity contribution is -0.387. The van der Waals surface area contributed by atoms with Crippen LogP contribution in [0, 0.1) is 29.8 Å². The maximum atomic E-state index is 13.4. The number of nitro benzene ring substituents is 1. The van der Waals surface area contributed by atoms with Gasteiger partial charge in [-0.3, -0.25) is 10.1 Å². The minimum absolute atomic E-state index is 0.335. The molecule has 0 spiro atoms. The Balaban J connectivity index is 2.28. The second-order valence-electron chi connectivity index (χ2n) is 3.91. The number of aryl methyl sites for hydroxylation is 2. The molecule has 0 unspecified atom stereocenters. The molecule has 7 heteroatoms. The molecule has 6 nitrogen and oxygen atoms in total. The summed E-state index contributed by atoms with van der Waals surface area (Å²) >= 11 is 0. The standard InChI is InChI=1S/C11H11FN4O2/c1-7-13-8(2)15(14-7)6-9-3-4-11(16(17)18)10(12)5-9/h3-5H,6H2,1-2H3. The minimum atomic E-state index is -0.841. The molecule has 0 saturated heterocycles. The minimum Gasteiger partial charge on any atom is -0.258 e. The predicted molar refractivity (Wildman–Crippen MR) is 61.7 cm³/mol. The molecule has 0 saturated carbocycles. The molecule has 0 aliphatic heterocycles. The molecule has 0 bridgehead atoms. The maximum absolute atomic E-state index is 13.4. The third-order valence-electron chi connectivity index (χ3n) is 2.50. The van der Waals surface area contributed by atoms with Crippen molar-refractivity contribution >= 4 is 5.69 Å². The lowest BCUT2D eigenvalue weighted by Gasteiger charge is -2.03. The van der Waals surface area contributed by atoms with Gasteiger partial charge < -0.3 is 0 Å². The summed E-state index contributed by atoms with van der Waals surface area (Å²) in [4.78, 5) is 13.9. The zero-order valence-corrected chi connectivity index (χ0v) is 9.92. The summed E-state index contributed by atoms with van der Waals surface area (Å²) in [5, 5.41) is 14.6. The van der Waals surface area contributed by atoms with Crippen LogP contribution in [0.15, 0.2) is 18.2 Å². The third-order valence-corrected chi connectivity index (χ3v) is 2.50. The summed E-state index contributed by atoms with van der Waals surface area (Å²) < 4.78 is 15.0. The quantitative estimate of drug-likeness (QED) is 0.616. The van der Waals surface area contributed by atoms with Gasteiger partial charge >= 0.3 is 5.69 Å². The van der Waals surface area contributed by atoms with Gasteiger partial charge in [0.2, 0.25) is 5.82 Å². The van der Waals surface area contributed by atoms with Crippen molar-refractivity contribution in [3.05, 3.63) is 51.3 Å². The van der Waals surface area contributed by atoms with E-state index in [0.29, 0.717) is 23.8 Å². The molecule has 2 aromatic rings. The number of halogens is 1. The number of hydrogen-bond acceptors (Lipinski definition) is 4. The van der Waals surface area contributed by atoms with Gasteiger partial charge in [0.25, 0.3) is 0 Å². The van der Waals surface area contributed by atoms with E-state index in [1.54, 1.807) is 18.5 Å². The van der Waals surface area contributed by atoms with E-state index in [9.17, 15) is 14.5 Å². The first-order valence-electron chi connectivity index (χ1n) is 5.28. The molecule has 94 valence electrons. The third kappa shape index (κ3) is 2.34. The lowest BCUT2D eigenvalue weighted by Crippen LogP contribution is -2.05. The van der Waals surface area contributed by atoms with Crippen LogP contribution >= 0.6 is 0 Å². The van der Waals surface area contributed by atoms with Gasteiger partial charge in [0.1, 0.15) is 11.6 Å². The molecule has 18 heavy (non-hydrogen) atoms. The van der Waals surface area contributed by atoms with E-state index < -0.39 is 16.4 Å². The number of benzene rings is 1. The molecule has 0 N–H and O–H groups in total. The van der Waals surface area contributed by atoms with E-state index in [4.69, 9.17) is 0 Å². The van der Waals surface area contributed by atoms with Crippen LogP contribution < -0.4 is 0 Å². The Morgan fingerprint density at radius 2 is 2.17 bits per heavy atom. The van der Waals surface area contributed by atoms with Crippen LogP contribution in [0.3, 0.4) is 0 Å². The maximum Gasteiger partial charge on any atom is 0.304 e. The molecule has 1 heterocycles. The number of nitro groups is 1. The number of aromatic nitrogens is 3. The molecule has 0 fully saturated rings. The van der Waals surface area contributed by atoms with Crippen LogP contribution in [0.25, 0.3) is 0 Å². The molecule has 2 rings (SSSR count). The van der Waals surface area contributed by atoms with Crippen LogP contribution in [0.2, 0.25) is 0 Å². The number of hydrogen-bond donors (Lipinski definition) is 0. The monoisotopic (exact) mass is 250 g/mol. The van der Waals surface area contributed by atoms with Crippen LogP contribution in [0.1, 0.15) is 17.2 Å². The fourth-order valence-electron chi connectivity index (χ4n) is 1.68. The zero-order valence-electron chi connectivity index (χ0n) is 9.92. The Morgan fingerprint density at radius 3 is 2.67 bits per heavy atom. The fourth-order valence-corrected chi connectivity index (χ4v) is 1.68. The second kappa shape index (κ2) is 4.52. The first-order valence-corrected chi connectivity index (χ1v) is 5.28. The van der Waals surface area contributed by atoms with Crippen molar-refractivity contribution in [1.82, 2.24) is 14.8 Å². The second-order valence-corrected chi connectivity index (χ2v) is 3.91. The molecule has 0 aliphatic rings. The summed E-state index contributed by atoms with van der Waals surface area (Å²) in [6.45, 7) is 3.89. The molecule has 1 aromatic carbocycles. The van der Waals surface area contributed by atoms with Gasteiger partial charge in [-0.15, -0.1) is 0 Å². The molecular formula is C11H11FN4O2.